The maximum absolute atomic E-state index is 12.9. The van der Waals surface area contributed by atoms with Gasteiger partial charge in [0.15, 0.2) is 0 Å². The first-order valence-electron chi connectivity index (χ1n) is 11.6. The van der Waals surface area contributed by atoms with Crippen molar-refractivity contribution >= 4 is 17.7 Å². The van der Waals surface area contributed by atoms with Gasteiger partial charge in [0.2, 0.25) is 0 Å². The molecule has 164 valence electrons. The van der Waals surface area contributed by atoms with E-state index in [2.05, 4.69) is 16.4 Å². The van der Waals surface area contributed by atoms with Crippen LogP contribution in [0.1, 0.15) is 57.4 Å². The molecule has 1 saturated heterocycles. The zero-order chi connectivity index (χ0) is 21.6. The van der Waals surface area contributed by atoms with E-state index in [-0.39, 0.29) is 23.7 Å². The number of ketones is 1. The lowest BCUT2D eigenvalue weighted by Crippen LogP contribution is -2.57. The summed E-state index contributed by atoms with van der Waals surface area (Å²) in [6.07, 6.45) is 7.81. The van der Waals surface area contributed by atoms with Crippen LogP contribution >= 0.6 is 0 Å². The SMILES string of the molecule is CCC(=O)C12CC3CC(C1)C(OC(=O)N1CC[C@@H](Nc4ccc(C#N)cn4)C1)C(C3)C2. The van der Waals surface area contributed by atoms with Gasteiger partial charge in [0.1, 0.15) is 23.8 Å². The van der Waals surface area contributed by atoms with Gasteiger partial charge in [0.05, 0.1) is 5.56 Å². The molecule has 7 heteroatoms. The fourth-order valence-corrected chi connectivity index (χ4v) is 6.88. The van der Waals surface area contributed by atoms with E-state index in [4.69, 9.17) is 10.00 Å². The first-order chi connectivity index (χ1) is 15.0. The number of rotatable bonds is 5. The molecule has 2 unspecified atom stereocenters. The highest BCUT2D eigenvalue weighted by Crippen LogP contribution is 2.61. The Hall–Kier alpha value is -2.62. The van der Waals surface area contributed by atoms with Crippen LogP contribution in [-0.4, -0.2) is 47.0 Å². The maximum atomic E-state index is 12.9. The van der Waals surface area contributed by atoms with E-state index in [0.717, 1.165) is 38.5 Å². The van der Waals surface area contributed by atoms with Gasteiger partial charge in [-0.05, 0) is 68.4 Å². The second-order valence-corrected chi connectivity index (χ2v) is 10.00. The number of carbonyl (C=O) groups is 2. The molecule has 1 aliphatic heterocycles. The van der Waals surface area contributed by atoms with Crippen molar-refractivity contribution in [3.05, 3.63) is 23.9 Å². The lowest BCUT2D eigenvalue weighted by Gasteiger charge is -2.58. The Bertz CT molecular complexity index is 892. The molecular formula is C24H30N4O3. The van der Waals surface area contributed by atoms with Crippen LogP contribution in [0.15, 0.2) is 18.3 Å². The minimum atomic E-state index is -0.217. The third-order valence-corrected chi connectivity index (χ3v) is 8.03. The van der Waals surface area contributed by atoms with E-state index in [1.54, 1.807) is 23.2 Å². The van der Waals surface area contributed by atoms with Gasteiger partial charge in [0.25, 0.3) is 0 Å². The molecule has 5 fully saturated rings. The van der Waals surface area contributed by atoms with Crippen molar-refractivity contribution < 1.29 is 14.3 Å². The van der Waals surface area contributed by atoms with Crippen molar-refractivity contribution in [2.24, 2.45) is 23.2 Å². The summed E-state index contributed by atoms with van der Waals surface area (Å²) in [5.74, 6) is 2.44. The van der Waals surface area contributed by atoms with Gasteiger partial charge in [-0.1, -0.05) is 6.92 Å². The summed E-state index contributed by atoms with van der Waals surface area (Å²) < 4.78 is 6.09. The first kappa shape index (κ1) is 20.3. The average molecular weight is 423 g/mol. The smallest absolute Gasteiger partial charge is 0.410 e. The summed E-state index contributed by atoms with van der Waals surface area (Å²) in [6.45, 7) is 3.23. The van der Waals surface area contributed by atoms with Crippen LogP contribution in [0.3, 0.4) is 0 Å². The number of ether oxygens (including phenoxy) is 1. The fourth-order valence-electron chi connectivity index (χ4n) is 6.88. The highest BCUT2D eigenvalue weighted by atomic mass is 16.6. The average Bonchev–Trinajstić information content (AvgIpc) is 3.24. The second-order valence-electron chi connectivity index (χ2n) is 10.00. The summed E-state index contributed by atoms with van der Waals surface area (Å²) in [4.78, 5) is 31.7. The van der Waals surface area contributed by atoms with Crippen molar-refractivity contribution in [1.29, 1.82) is 5.26 Å². The molecule has 4 bridgehead atoms. The molecule has 0 aromatic carbocycles. The standard InChI is InChI=1S/C24H30N4O3/c1-2-20(29)24-9-16-7-17(10-24)22(18(8-16)11-24)31-23(30)28-6-5-19(14-28)27-21-4-3-15(12-25)13-26-21/h3-4,13,16-19,22H,2,5-11,14H2,1H3,(H,26,27)/t16?,17?,18?,19-,22?,24?/m1/s1. The monoisotopic (exact) mass is 422 g/mol. The van der Waals surface area contributed by atoms with E-state index in [1.165, 1.54) is 0 Å². The number of nitriles is 1. The van der Waals surface area contributed by atoms with Crippen LogP contribution in [-0.2, 0) is 9.53 Å². The van der Waals surface area contributed by atoms with Crippen LogP contribution in [0.5, 0.6) is 0 Å². The summed E-state index contributed by atoms with van der Waals surface area (Å²) in [6, 6.07) is 5.71. The van der Waals surface area contributed by atoms with Crippen LogP contribution in [0.2, 0.25) is 0 Å². The van der Waals surface area contributed by atoms with E-state index in [0.29, 0.717) is 54.4 Å². The van der Waals surface area contributed by atoms with Crippen LogP contribution in [0.4, 0.5) is 10.6 Å². The third-order valence-electron chi connectivity index (χ3n) is 8.03. The van der Waals surface area contributed by atoms with Crippen molar-refractivity contribution in [1.82, 2.24) is 9.88 Å². The number of pyridine rings is 1. The summed E-state index contributed by atoms with van der Waals surface area (Å²) in [5.41, 5.74) is 0.394. The molecule has 31 heavy (non-hydrogen) atoms. The van der Waals surface area contributed by atoms with Crippen molar-refractivity contribution in [2.75, 3.05) is 18.4 Å². The zero-order valence-electron chi connectivity index (χ0n) is 18.0. The molecule has 3 atom stereocenters. The molecule has 1 aromatic heterocycles. The number of nitrogens with zero attached hydrogens (tertiary/aromatic N) is 3. The maximum Gasteiger partial charge on any atom is 0.410 e. The van der Waals surface area contributed by atoms with E-state index < -0.39 is 0 Å². The Kier molecular flexibility index (Phi) is 5.11. The lowest BCUT2D eigenvalue weighted by molar-refractivity contribution is -0.162. The van der Waals surface area contributed by atoms with Crippen molar-refractivity contribution in [3.63, 3.8) is 0 Å². The largest absolute Gasteiger partial charge is 0.446 e. The number of hydrogen-bond acceptors (Lipinski definition) is 6. The molecule has 1 N–H and O–H groups in total. The molecule has 7 nitrogen and oxygen atoms in total. The number of hydrogen-bond donors (Lipinski definition) is 1. The molecule has 0 spiro atoms. The molecule has 4 saturated carbocycles. The van der Waals surface area contributed by atoms with Gasteiger partial charge in [-0.2, -0.15) is 5.26 Å². The molecular weight excluding hydrogens is 392 g/mol. The highest BCUT2D eigenvalue weighted by molar-refractivity contribution is 5.85. The lowest BCUT2D eigenvalue weighted by atomic mass is 9.47. The van der Waals surface area contributed by atoms with Gasteiger partial charge < -0.3 is 15.0 Å². The molecule has 1 amide bonds. The van der Waals surface area contributed by atoms with Crippen molar-refractivity contribution in [2.45, 2.75) is 64.0 Å². The Labute approximate surface area is 183 Å². The fraction of sp³-hybridized carbons (Fsp3) is 0.667. The van der Waals surface area contributed by atoms with Crippen LogP contribution < -0.4 is 5.32 Å². The van der Waals surface area contributed by atoms with Gasteiger partial charge in [0, 0.05) is 37.2 Å². The number of anilines is 1. The van der Waals surface area contributed by atoms with Gasteiger partial charge in [-0.15, -0.1) is 0 Å². The highest BCUT2D eigenvalue weighted by Gasteiger charge is 2.59. The predicted octanol–water partition coefficient (Wildman–Crippen LogP) is 3.75. The third kappa shape index (κ3) is 3.66. The second kappa shape index (κ2) is 7.81. The number of nitrogens with one attached hydrogen (secondary N) is 1. The molecule has 2 heterocycles. The number of amides is 1. The van der Waals surface area contributed by atoms with Crippen molar-refractivity contribution in [3.8, 4) is 6.07 Å². The molecule has 5 aliphatic rings. The predicted molar refractivity (Wildman–Crippen MR) is 114 cm³/mol. The van der Waals surface area contributed by atoms with E-state index in [1.807, 2.05) is 6.92 Å². The normalized spacial score (nSPS) is 35.6. The zero-order valence-corrected chi connectivity index (χ0v) is 18.0. The quantitative estimate of drug-likeness (QED) is 0.776. The first-order valence-corrected chi connectivity index (χ1v) is 11.6. The number of aromatic nitrogens is 1. The van der Waals surface area contributed by atoms with Crippen LogP contribution in [0, 0.1) is 34.5 Å². The Morgan fingerprint density at radius 3 is 2.71 bits per heavy atom. The topological polar surface area (TPSA) is 95.3 Å². The minimum absolute atomic E-state index is 0.0333. The number of likely N-dealkylation sites (tertiary alicyclic amines) is 1. The molecule has 6 rings (SSSR count). The van der Waals surface area contributed by atoms with Gasteiger partial charge in [-0.25, -0.2) is 9.78 Å². The number of carbonyl (C=O) groups excluding carboxylic acids is 2. The molecule has 1 aromatic rings. The van der Waals surface area contributed by atoms with E-state index in [9.17, 15) is 9.59 Å². The summed E-state index contributed by atoms with van der Waals surface area (Å²) in [7, 11) is 0. The van der Waals surface area contributed by atoms with Gasteiger partial charge >= 0.3 is 6.09 Å². The van der Waals surface area contributed by atoms with Gasteiger partial charge in [-0.3, -0.25) is 4.79 Å². The Morgan fingerprint density at radius 2 is 2.06 bits per heavy atom. The molecule has 4 aliphatic carbocycles. The van der Waals surface area contributed by atoms with E-state index >= 15 is 0 Å². The summed E-state index contributed by atoms with van der Waals surface area (Å²) >= 11 is 0. The summed E-state index contributed by atoms with van der Waals surface area (Å²) in [5, 5.41) is 12.2. The molecule has 0 radical (unpaired) electrons. The van der Waals surface area contributed by atoms with Crippen LogP contribution in [0.25, 0.3) is 0 Å². The number of Topliss-reactive ketones (excluding diaryl/α,β-unsaturated/α-hetero) is 1. The Morgan fingerprint density at radius 1 is 1.29 bits per heavy atom. The Balaban J connectivity index is 1.18. The minimum Gasteiger partial charge on any atom is -0.446 e.